The molecule has 0 radical (unpaired) electrons. The van der Waals surface area contributed by atoms with Gasteiger partial charge in [0.15, 0.2) is 0 Å². The lowest BCUT2D eigenvalue weighted by molar-refractivity contribution is 0.274. The van der Waals surface area contributed by atoms with Crippen molar-refractivity contribution < 1.29 is 5.11 Å². The van der Waals surface area contributed by atoms with Crippen molar-refractivity contribution in [1.82, 2.24) is 5.32 Å². The van der Waals surface area contributed by atoms with Gasteiger partial charge in [-0.15, -0.1) is 0 Å². The summed E-state index contributed by atoms with van der Waals surface area (Å²) < 4.78 is 0. The highest BCUT2D eigenvalue weighted by atomic mass is 32.1. The lowest BCUT2D eigenvalue weighted by Gasteiger charge is -2.10. The Morgan fingerprint density at radius 1 is 1.38 bits per heavy atom. The number of aliphatic hydroxyl groups excluding tert-OH is 1. The van der Waals surface area contributed by atoms with Crippen molar-refractivity contribution in [2.24, 2.45) is 0 Å². The Morgan fingerprint density at radius 2 is 2.08 bits per heavy atom. The Balaban J connectivity index is 2.38. The van der Waals surface area contributed by atoms with Crippen LogP contribution < -0.4 is 5.32 Å². The van der Waals surface area contributed by atoms with Crippen molar-refractivity contribution in [1.29, 1.82) is 0 Å². The molecule has 1 aromatic carbocycles. The van der Waals surface area contributed by atoms with E-state index >= 15 is 0 Å². The van der Waals surface area contributed by atoms with Gasteiger partial charge in [-0.05, 0) is 10.9 Å². The number of thiocarbonyl (C=S) groups is 1. The molecule has 1 rings (SSSR count). The van der Waals surface area contributed by atoms with Crippen LogP contribution in [0, 0.1) is 0 Å². The molecule has 2 nitrogen and oxygen atoms in total. The van der Waals surface area contributed by atoms with Crippen LogP contribution in [0.4, 0.5) is 0 Å². The second kappa shape index (κ2) is 5.80. The van der Waals surface area contributed by atoms with E-state index in [-0.39, 0.29) is 12.6 Å². The molecule has 70 valence electrons. The van der Waals surface area contributed by atoms with Crippen LogP contribution in [0.2, 0.25) is 0 Å². The molecule has 0 aliphatic carbocycles. The summed E-state index contributed by atoms with van der Waals surface area (Å²) >= 11 is 4.74. The molecule has 3 heteroatoms. The molecule has 0 spiro atoms. The summed E-state index contributed by atoms with van der Waals surface area (Å²) in [5.41, 5.74) is 1.19. The van der Waals surface area contributed by atoms with Crippen LogP contribution in [0.5, 0.6) is 0 Å². The minimum absolute atomic E-state index is 0.0519. The van der Waals surface area contributed by atoms with Gasteiger partial charge in [0.25, 0.3) is 0 Å². The SMILES string of the molecule is OC[C@H](C=S)NCc1ccccc1. The van der Waals surface area contributed by atoms with Gasteiger partial charge in [0.05, 0.1) is 12.6 Å². The highest BCUT2D eigenvalue weighted by molar-refractivity contribution is 7.79. The summed E-state index contributed by atoms with van der Waals surface area (Å²) in [6, 6.07) is 9.93. The number of hydrogen-bond donors (Lipinski definition) is 2. The highest BCUT2D eigenvalue weighted by Gasteiger charge is 2.00. The third-order valence-corrected chi connectivity index (χ3v) is 2.10. The maximum absolute atomic E-state index is 8.84. The van der Waals surface area contributed by atoms with Crippen molar-refractivity contribution in [2.45, 2.75) is 12.6 Å². The number of hydrogen-bond acceptors (Lipinski definition) is 3. The molecule has 0 saturated carbocycles. The van der Waals surface area contributed by atoms with Gasteiger partial charge < -0.3 is 10.4 Å². The van der Waals surface area contributed by atoms with Crippen molar-refractivity contribution in [3.8, 4) is 0 Å². The molecule has 0 amide bonds. The van der Waals surface area contributed by atoms with Crippen molar-refractivity contribution >= 4 is 17.6 Å². The fraction of sp³-hybridized carbons (Fsp3) is 0.300. The van der Waals surface area contributed by atoms with E-state index in [1.165, 1.54) is 5.56 Å². The average molecular weight is 195 g/mol. The summed E-state index contributed by atoms with van der Waals surface area (Å²) in [7, 11) is 0. The standard InChI is InChI=1S/C10H13NOS/c12-7-10(8-13)11-6-9-4-2-1-3-5-9/h1-5,8,10-12H,6-7H2/t10-/m1/s1. The van der Waals surface area contributed by atoms with Gasteiger partial charge in [0.2, 0.25) is 0 Å². The van der Waals surface area contributed by atoms with E-state index in [9.17, 15) is 0 Å². The quantitative estimate of drug-likeness (QED) is 0.691. The van der Waals surface area contributed by atoms with Gasteiger partial charge in [-0.3, -0.25) is 0 Å². The van der Waals surface area contributed by atoms with Gasteiger partial charge in [0, 0.05) is 6.54 Å². The van der Waals surface area contributed by atoms with Crippen LogP contribution in [0.1, 0.15) is 5.56 Å². The molecule has 0 aromatic heterocycles. The third-order valence-electron chi connectivity index (χ3n) is 1.77. The largest absolute Gasteiger partial charge is 0.394 e. The van der Waals surface area contributed by atoms with Crippen LogP contribution in [0.3, 0.4) is 0 Å². The summed E-state index contributed by atoms with van der Waals surface area (Å²) in [5, 5.41) is 13.5. The topological polar surface area (TPSA) is 32.3 Å². The van der Waals surface area contributed by atoms with E-state index in [1.54, 1.807) is 5.37 Å². The van der Waals surface area contributed by atoms with Gasteiger partial charge in [-0.25, -0.2) is 0 Å². The van der Waals surface area contributed by atoms with E-state index in [4.69, 9.17) is 17.3 Å². The van der Waals surface area contributed by atoms with Crippen molar-refractivity contribution in [2.75, 3.05) is 6.61 Å². The molecular weight excluding hydrogens is 182 g/mol. The average Bonchev–Trinajstić information content (AvgIpc) is 2.21. The molecule has 13 heavy (non-hydrogen) atoms. The Hall–Kier alpha value is -0.770. The van der Waals surface area contributed by atoms with Crippen molar-refractivity contribution in [3.05, 3.63) is 35.9 Å². The molecule has 1 atom stereocenters. The van der Waals surface area contributed by atoms with E-state index in [0.717, 1.165) is 6.54 Å². The zero-order chi connectivity index (χ0) is 9.52. The van der Waals surface area contributed by atoms with Gasteiger partial charge in [-0.2, -0.15) is 0 Å². The van der Waals surface area contributed by atoms with E-state index in [2.05, 4.69) is 5.32 Å². The Labute approximate surface area is 83.6 Å². The maximum Gasteiger partial charge on any atom is 0.0628 e. The van der Waals surface area contributed by atoms with Crippen molar-refractivity contribution in [3.63, 3.8) is 0 Å². The molecule has 0 saturated heterocycles. The van der Waals surface area contributed by atoms with E-state index in [0.29, 0.717) is 0 Å². The number of rotatable bonds is 5. The monoisotopic (exact) mass is 195 g/mol. The van der Waals surface area contributed by atoms with Crippen LogP contribution >= 0.6 is 12.2 Å². The fourth-order valence-electron chi connectivity index (χ4n) is 1.00. The molecule has 2 N–H and O–H groups in total. The second-order valence-electron chi connectivity index (χ2n) is 2.79. The molecule has 0 aliphatic heterocycles. The maximum atomic E-state index is 8.84. The zero-order valence-corrected chi connectivity index (χ0v) is 8.13. The predicted molar refractivity (Wildman–Crippen MR) is 57.8 cm³/mol. The Morgan fingerprint density at radius 3 is 2.62 bits per heavy atom. The molecular formula is C10H13NOS. The summed E-state index contributed by atoms with van der Waals surface area (Å²) in [6.07, 6.45) is 0. The van der Waals surface area contributed by atoms with E-state index < -0.39 is 0 Å². The second-order valence-corrected chi connectivity index (χ2v) is 3.06. The fourth-order valence-corrected chi connectivity index (χ4v) is 1.18. The van der Waals surface area contributed by atoms with Gasteiger partial charge in [0.1, 0.15) is 0 Å². The first-order valence-corrected chi connectivity index (χ1v) is 4.67. The first-order chi connectivity index (χ1) is 6.36. The number of aliphatic hydroxyl groups is 1. The molecule has 0 unspecified atom stereocenters. The summed E-state index contributed by atoms with van der Waals surface area (Å²) in [4.78, 5) is 0. The molecule has 0 fully saturated rings. The molecule has 0 aliphatic rings. The van der Waals surface area contributed by atoms with Crippen LogP contribution in [-0.2, 0) is 6.54 Å². The van der Waals surface area contributed by atoms with Crippen LogP contribution in [0.15, 0.2) is 30.3 Å². The first kappa shape index (κ1) is 10.3. The Bertz CT molecular complexity index is 250. The molecule has 0 heterocycles. The van der Waals surface area contributed by atoms with E-state index in [1.807, 2.05) is 30.3 Å². The van der Waals surface area contributed by atoms with Crippen LogP contribution in [-0.4, -0.2) is 23.1 Å². The summed E-state index contributed by atoms with van der Waals surface area (Å²) in [6.45, 7) is 0.787. The van der Waals surface area contributed by atoms with Gasteiger partial charge >= 0.3 is 0 Å². The zero-order valence-electron chi connectivity index (χ0n) is 7.31. The lowest BCUT2D eigenvalue weighted by atomic mass is 10.2. The molecule has 0 bridgehead atoms. The normalized spacial score (nSPS) is 12.4. The van der Waals surface area contributed by atoms with Gasteiger partial charge in [-0.1, -0.05) is 42.5 Å². The number of nitrogens with one attached hydrogen (secondary N) is 1. The number of benzene rings is 1. The first-order valence-electron chi connectivity index (χ1n) is 4.20. The lowest BCUT2D eigenvalue weighted by Crippen LogP contribution is -2.32. The highest BCUT2D eigenvalue weighted by Crippen LogP contribution is 1.97. The minimum atomic E-state index is -0.0878. The molecule has 1 aromatic rings. The van der Waals surface area contributed by atoms with Crippen LogP contribution in [0.25, 0.3) is 0 Å². The minimum Gasteiger partial charge on any atom is -0.394 e. The third kappa shape index (κ3) is 3.63. The Kier molecular flexibility index (Phi) is 4.60. The predicted octanol–water partition coefficient (Wildman–Crippen LogP) is 1.14. The summed E-state index contributed by atoms with van der Waals surface area (Å²) in [5.74, 6) is 0. The smallest absolute Gasteiger partial charge is 0.0628 e.